The van der Waals surface area contributed by atoms with Crippen molar-refractivity contribution in [3.8, 4) is 0 Å². The van der Waals surface area contributed by atoms with E-state index >= 15 is 0 Å². The second kappa shape index (κ2) is 6.03. The third-order valence-electron chi connectivity index (χ3n) is 3.09. The predicted octanol–water partition coefficient (Wildman–Crippen LogP) is 1.01. The minimum absolute atomic E-state index is 0.0236. The molecule has 1 aliphatic heterocycles. The van der Waals surface area contributed by atoms with E-state index in [2.05, 4.69) is 5.32 Å². The molecule has 7 heteroatoms. The van der Waals surface area contributed by atoms with E-state index in [9.17, 15) is 14.7 Å². The number of nitrogens with two attached hydrogens (primary N) is 1. The van der Waals surface area contributed by atoms with Crippen molar-refractivity contribution >= 4 is 23.3 Å². The molecule has 0 bridgehead atoms. The number of nitrogens with one attached hydrogen (secondary N) is 1. The van der Waals surface area contributed by atoms with Gasteiger partial charge in [-0.3, -0.25) is 0 Å². The summed E-state index contributed by atoms with van der Waals surface area (Å²) in [6.45, 7) is 1.10. The summed E-state index contributed by atoms with van der Waals surface area (Å²) in [5.74, 6) is -1.06. The number of hydrogen-bond acceptors (Lipinski definition) is 4. The highest BCUT2D eigenvalue weighted by Gasteiger charge is 2.27. The molecule has 0 aliphatic carbocycles. The van der Waals surface area contributed by atoms with Crippen LogP contribution >= 0.6 is 11.3 Å². The highest BCUT2D eigenvalue weighted by molar-refractivity contribution is 7.10. The van der Waals surface area contributed by atoms with Gasteiger partial charge in [0, 0.05) is 24.0 Å². The SMILES string of the molecule is NC1CCCN(C(=O)NC(C(=O)O)c2cccs2)C1. The van der Waals surface area contributed by atoms with Crippen LogP contribution < -0.4 is 11.1 Å². The normalized spacial score (nSPS) is 20.9. The van der Waals surface area contributed by atoms with Gasteiger partial charge in [-0.25, -0.2) is 9.59 Å². The van der Waals surface area contributed by atoms with Crippen molar-refractivity contribution in [1.29, 1.82) is 0 Å². The van der Waals surface area contributed by atoms with Crippen molar-refractivity contribution in [3.63, 3.8) is 0 Å². The first kappa shape index (κ1) is 13.8. The van der Waals surface area contributed by atoms with Crippen LogP contribution in [0.15, 0.2) is 17.5 Å². The van der Waals surface area contributed by atoms with Gasteiger partial charge in [-0.05, 0) is 24.3 Å². The topological polar surface area (TPSA) is 95.7 Å². The Kier molecular flexibility index (Phi) is 4.39. The summed E-state index contributed by atoms with van der Waals surface area (Å²) < 4.78 is 0. The van der Waals surface area contributed by atoms with Gasteiger partial charge in [0.2, 0.25) is 0 Å². The Balaban J connectivity index is 2.01. The van der Waals surface area contributed by atoms with Gasteiger partial charge in [0.25, 0.3) is 0 Å². The fraction of sp³-hybridized carbons (Fsp3) is 0.500. The zero-order valence-electron chi connectivity index (χ0n) is 10.4. The number of aliphatic carboxylic acids is 1. The third-order valence-corrected chi connectivity index (χ3v) is 4.02. The molecule has 104 valence electrons. The van der Waals surface area contributed by atoms with E-state index < -0.39 is 12.0 Å². The lowest BCUT2D eigenvalue weighted by atomic mass is 10.1. The number of carboxylic acid groups (broad SMARTS) is 1. The summed E-state index contributed by atoms with van der Waals surface area (Å²) in [4.78, 5) is 25.5. The molecule has 2 rings (SSSR count). The number of likely N-dealkylation sites (tertiary alicyclic amines) is 1. The zero-order valence-corrected chi connectivity index (χ0v) is 11.2. The van der Waals surface area contributed by atoms with Crippen molar-refractivity contribution in [2.24, 2.45) is 5.73 Å². The Morgan fingerprint density at radius 1 is 1.58 bits per heavy atom. The van der Waals surface area contributed by atoms with Crippen LogP contribution in [0.1, 0.15) is 23.8 Å². The molecule has 2 heterocycles. The minimum Gasteiger partial charge on any atom is -0.479 e. The summed E-state index contributed by atoms with van der Waals surface area (Å²) in [7, 11) is 0. The van der Waals surface area contributed by atoms with Crippen LogP contribution in [0.4, 0.5) is 4.79 Å². The summed E-state index contributed by atoms with van der Waals surface area (Å²) in [6.07, 6.45) is 1.75. The van der Waals surface area contributed by atoms with Crippen LogP contribution in [-0.2, 0) is 4.79 Å². The maximum Gasteiger partial charge on any atom is 0.331 e. The Bertz CT molecular complexity index is 449. The summed E-state index contributed by atoms with van der Waals surface area (Å²) >= 11 is 1.31. The second-order valence-corrected chi connectivity index (χ2v) is 5.56. The molecule has 2 atom stereocenters. The third kappa shape index (κ3) is 3.45. The van der Waals surface area contributed by atoms with Crippen molar-refractivity contribution in [3.05, 3.63) is 22.4 Å². The molecule has 2 unspecified atom stereocenters. The maximum atomic E-state index is 12.1. The molecule has 19 heavy (non-hydrogen) atoms. The molecule has 0 aromatic carbocycles. The fourth-order valence-electron chi connectivity index (χ4n) is 2.12. The number of hydrogen-bond donors (Lipinski definition) is 3. The number of carbonyl (C=O) groups excluding carboxylic acids is 1. The molecular formula is C12H17N3O3S. The van der Waals surface area contributed by atoms with Crippen LogP contribution in [0, 0.1) is 0 Å². The van der Waals surface area contributed by atoms with Gasteiger partial charge in [-0.15, -0.1) is 11.3 Å². The number of rotatable bonds is 3. The number of amides is 2. The second-order valence-electron chi connectivity index (χ2n) is 4.58. The van der Waals surface area contributed by atoms with E-state index in [-0.39, 0.29) is 12.1 Å². The largest absolute Gasteiger partial charge is 0.479 e. The Morgan fingerprint density at radius 2 is 2.37 bits per heavy atom. The van der Waals surface area contributed by atoms with Gasteiger partial charge < -0.3 is 21.1 Å². The Labute approximate surface area is 115 Å². The molecule has 1 aromatic rings. The van der Waals surface area contributed by atoms with Crippen molar-refractivity contribution in [2.45, 2.75) is 24.9 Å². The highest BCUT2D eigenvalue weighted by atomic mass is 32.1. The lowest BCUT2D eigenvalue weighted by Crippen LogP contribution is -2.50. The lowest BCUT2D eigenvalue weighted by Gasteiger charge is -2.31. The number of carbonyl (C=O) groups is 2. The van der Waals surface area contributed by atoms with E-state index in [0.29, 0.717) is 18.0 Å². The molecule has 1 aliphatic rings. The van der Waals surface area contributed by atoms with Gasteiger partial charge in [0.15, 0.2) is 6.04 Å². The van der Waals surface area contributed by atoms with Gasteiger partial charge in [0.05, 0.1) is 0 Å². The van der Waals surface area contributed by atoms with E-state index in [1.807, 2.05) is 0 Å². The Morgan fingerprint density at radius 3 is 2.95 bits per heavy atom. The standard InChI is InChI=1S/C12H17N3O3S/c13-8-3-1-5-15(7-8)12(18)14-10(11(16)17)9-4-2-6-19-9/h2,4,6,8,10H,1,3,5,7,13H2,(H,14,18)(H,16,17). The first-order chi connectivity index (χ1) is 9.08. The Hall–Kier alpha value is -1.60. The summed E-state index contributed by atoms with van der Waals surface area (Å²) in [5, 5.41) is 13.5. The quantitative estimate of drug-likeness (QED) is 0.771. The molecule has 1 aromatic heterocycles. The van der Waals surface area contributed by atoms with Gasteiger partial charge >= 0.3 is 12.0 Å². The molecule has 6 nitrogen and oxygen atoms in total. The molecule has 4 N–H and O–H groups in total. The number of nitrogens with zero attached hydrogens (tertiary/aromatic N) is 1. The van der Waals surface area contributed by atoms with E-state index in [4.69, 9.17) is 5.73 Å². The molecule has 0 radical (unpaired) electrons. The molecule has 0 saturated carbocycles. The monoisotopic (exact) mass is 283 g/mol. The molecule has 1 fully saturated rings. The smallest absolute Gasteiger partial charge is 0.331 e. The summed E-state index contributed by atoms with van der Waals surface area (Å²) in [5.41, 5.74) is 5.81. The van der Waals surface area contributed by atoms with Gasteiger partial charge in [-0.2, -0.15) is 0 Å². The van der Waals surface area contributed by atoms with Crippen LogP contribution in [0.5, 0.6) is 0 Å². The van der Waals surface area contributed by atoms with E-state index in [1.54, 1.807) is 22.4 Å². The molecular weight excluding hydrogens is 266 g/mol. The zero-order chi connectivity index (χ0) is 13.8. The van der Waals surface area contributed by atoms with Crippen molar-refractivity contribution in [2.75, 3.05) is 13.1 Å². The van der Waals surface area contributed by atoms with Crippen LogP contribution in [0.2, 0.25) is 0 Å². The van der Waals surface area contributed by atoms with Crippen LogP contribution in [-0.4, -0.2) is 41.1 Å². The van der Waals surface area contributed by atoms with E-state index in [1.165, 1.54) is 11.3 Å². The number of piperidine rings is 1. The molecule has 1 saturated heterocycles. The number of thiophene rings is 1. The molecule has 2 amide bonds. The molecule has 0 spiro atoms. The minimum atomic E-state index is -1.06. The highest BCUT2D eigenvalue weighted by Crippen LogP contribution is 2.20. The first-order valence-corrected chi connectivity index (χ1v) is 7.03. The van der Waals surface area contributed by atoms with Crippen LogP contribution in [0.3, 0.4) is 0 Å². The fourth-order valence-corrected chi connectivity index (χ4v) is 2.89. The van der Waals surface area contributed by atoms with Gasteiger partial charge in [0.1, 0.15) is 0 Å². The number of urea groups is 1. The van der Waals surface area contributed by atoms with Crippen molar-refractivity contribution in [1.82, 2.24) is 10.2 Å². The van der Waals surface area contributed by atoms with Crippen molar-refractivity contribution < 1.29 is 14.7 Å². The number of carboxylic acids is 1. The lowest BCUT2D eigenvalue weighted by molar-refractivity contribution is -0.139. The average molecular weight is 283 g/mol. The van der Waals surface area contributed by atoms with E-state index in [0.717, 1.165) is 12.8 Å². The maximum absolute atomic E-state index is 12.1. The first-order valence-electron chi connectivity index (χ1n) is 6.15. The summed E-state index contributed by atoms with van der Waals surface area (Å²) in [6, 6.07) is 2.08. The average Bonchev–Trinajstić information content (AvgIpc) is 2.88. The predicted molar refractivity (Wildman–Crippen MR) is 72.0 cm³/mol. The van der Waals surface area contributed by atoms with Crippen LogP contribution in [0.25, 0.3) is 0 Å². The van der Waals surface area contributed by atoms with Gasteiger partial charge in [-0.1, -0.05) is 6.07 Å².